The molecule has 0 atom stereocenters. The number of thioether (sulfide) groups is 1. The van der Waals surface area contributed by atoms with Gasteiger partial charge in [-0.2, -0.15) is 9.39 Å². The van der Waals surface area contributed by atoms with Crippen molar-refractivity contribution in [2.24, 2.45) is 9.39 Å². The van der Waals surface area contributed by atoms with Crippen LogP contribution in [0.5, 0.6) is 0 Å². The monoisotopic (exact) mass is 336 g/mol. The molecule has 1 aromatic rings. The summed E-state index contributed by atoms with van der Waals surface area (Å²) in [5.41, 5.74) is 0.886. The average molecular weight is 337 g/mol. The second-order valence-corrected chi connectivity index (χ2v) is 6.04. The lowest BCUT2D eigenvalue weighted by atomic mass is 10.1. The normalized spacial score (nSPS) is 19.7. The van der Waals surface area contributed by atoms with E-state index in [-0.39, 0.29) is 11.4 Å². The van der Waals surface area contributed by atoms with E-state index in [2.05, 4.69) is 9.39 Å². The summed E-state index contributed by atoms with van der Waals surface area (Å²) in [6, 6.07) is 7.16. The minimum Gasteiger partial charge on any atom is -0.283 e. The largest absolute Gasteiger partial charge is 0.283 e. The maximum absolute atomic E-state index is 12.1. The van der Waals surface area contributed by atoms with Crippen LogP contribution in [0.4, 0.5) is 0 Å². The second kappa shape index (κ2) is 5.67. The molecule has 0 fully saturated rings. The molecule has 8 heteroatoms. The average Bonchev–Trinajstić information content (AvgIpc) is 2.88. The van der Waals surface area contributed by atoms with Gasteiger partial charge in [0.2, 0.25) is 5.17 Å². The highest BCUT2D eigenvalue weighted by molar-refractivity contribution is 8.18. The van der Waals surface area contributed by atoms with Gasteiger partial charge in [0.15, 0.2) is 5.17 Å². The lowest BCUT2D eigenvalue weighted by Crippen LogP contribution is -2.41. The number of nitrogens with one attached hydrogen (secondary N) is 1. The third-order valence-corrected chi connectivity index (χ3v) is 4.68. The van der Waals surface area contributed by atoms with Crippen molar-refractivity contribution < 1.29 is 4.79 Å². The Kier molecular flexibility index (Phi) is 3.88. The molecule has 0 bridgehead atoms. The summed E-state index contributed by atoms with van der Waals surface area (Å²) in [5.74, 6) is -0.376. The van der Waals surface area contributed by atoms with Crippen LogP contribution in [0.1, 0.15) is 5.56 Å². The molecule has 0 saturated carbocycles. The van der Waals surface area contributed by atoms with Crippen LogP contribution in [-0.2, 0) is 4.79 Å². The van der Waals surface area contributed by atoms with E-state index in [1.807, 2.05) is 18.4 Å². The van der Waals surface area contributed by atoms with Crippen molar-refractivity contribution in [3.8, 4) is 0 Å². The lowest BCUT2D eigenvalue weighted by Gasteiger charge is -2.23. The van der Waals surface area contributed by atoms with Gasteiger partial charge in [0.25, 0.3) is 5.91 Å². The number of hydrogen-bond acceptors (Lipinski definition) is 5. The highest BCUT2D eigenvalue weighted by Crippen LogP contribution is 2.31. The van der Waals surface area contributed by atoms with E-state index in [0.29, 0.717) is 20.9 Å². The van der Waals surface area contributed by atoms with E-state index < -0.39 is 5.91 Å². The number of hydrogen-bond donors (Lipinski definition) is 1. The Labute approximate surface area is 134 Å². The second-order valence-electron chi connectivity index (χ2n) is 4.13. The minimum absolute atomic E-state index is 0.0722. The molecule has 2 heterocycles. The summed E-state index contributed by atoms with van der Waals surface area (Å²) in [4.78, 5) is 17.7. The van der Waals surface area contributed by atoms with Gasteiger partial charge in [-0.25, -0.2) is 4.90 Å². The molecular weight excluding hydrogens is 328 g/mol. The summed E-state index contributed by atoms with van der Waals surface area (Å²) in [7, 11) is 0. The van der Waals surface area contributed by atoms with Gasteiger partial charge in [-0.05, 0) is 24.0 Å². The van der Waals surface area contributed by atoms with E-state index in [9.17, 15) is 4.79 Å². The highest BCUT2D eigenvalue weighted by atomic mass is 35.5. The van der Waals surface area contributed by atoms with Crippen molar-refractivity contribution in [2.75, 3.05) is 6.26 Å². The van der Waals surface area contributed by atoms with E-state index in [1.165, 1.54) is 11.8 Å². The molecule has 21 heavy (non-hydrogen) atoms. The topological polar surface area (TPSA) is 68.9 Å². The van der Waals surface area contributed by atoms with Crippen LogP contribution in [0.3, 0.4) is 0 Å². The molecule has 0 radical (unpaired) electrons. The summed E-state index contributed by atoms with van der Waals surface area (Å²) < 4.78 is 4.19. The van der Waals surface area contributed by atoms with Gasteiger partial charge in [0.05, 0.1) is 17.5 Å². The fourth-order valence-electron chi connectivity index (χ4n) is 1.88. The van der Waals surface area contributed by atoms with Crippen LogP contribution < -0.4 is 0 Å². The van der Waals surface area contributed by atoms with Gasteiger partial charge in [0, 0.05) is 5.02 Å². The first kappa shape index (κ1) is 14.4. The predicted molar refractivity (Wildman–Crippen MR) is 90.0 cm³/mol. The molecule has 2 aliphatic heterocycles. The number of benzene rings is 1. The van der Waals surface area contributed by atoms with Crippen LogP contribution in [0, 0.1) is 5.41 Å². The van der Waals surface area contributed by atoms with E-state index >= 15 is 0 Å². The van der Waals surface area contributed by atoms with Gasteiger partial charge in [-0.1, -0.05) is 41.6 Å². The molecule has 106 valence electrons. The number of amides is 1. The number of carbonyl (C=O) groups excluding carboxylic acids is 1. The molecule has 0 aromatic heterocycles. The molecule has 0 unspecified atom stereocenters. The van der Waals surface area contributed by atoms with Gasteiger partial charge in [-0.3, -0.25) is 10.2 Å². The summed E-state index contributed by atoms with van der Waals surface area (Å²) in [6.45, 7) is 0. The summed E-state index contributed by atoms with van der Waals surface area (Å²) in [5, 5.41) is 9.85. The molecule has 1 N–H and O–H groups in total. The third kappa shape index (κ3) is 2.52. The number of nitrogens with zero attached hydrogens (tertiary/aromatic N) is 3. The van der Waals surface area contributed by atoms with Crippen molar-refractivity contribution in [3.05, 3.63) is 40.4 Å². The van der Waals surface area contributed by atoms with Crippen molar-refractivity contribution in [1.82, 2.24) is 4.90 Å². The zero-order valence-electron chi connectivity index (χ0n) is 10.8. The van der Waals surface area contributed by atoms with Gasteiger partial charge in [0.1, 0.15) is 5.84 Å². The lowest BCUT2D eigenvalue weighted by molar-refractivity contribution is -0.114. The van der Waals surface area contributed by atoms with Crippen LogP contribution >= 0.6 is 35.3 Å². The van der Waals surface area contributed by atoms with Crippen molar-refractivity contribution in [1.29, 1.82) is 5.41 Å². The Morgan fingerprint density at radius 1 is 1.43 bits per heavy atom. The summed E-state index contributed by atoms with van der Waals surface area (Å²) in [6.07, 6.45) is 3.46. The first-order valence-corrected chi connectivity index (χ1v) is 8.26. The quantitative estimate of drug-likeness (QED) is 0.631. The van der Waals surface area contributed by atoms with E-state index in [1.54, 1.807) is 23.1 Å². The van der Waals surface area contributed by atoms with E-state index in [4.69, 9.17) is 17.0 Å². The Hall–Kier alpha value is -1.57. The standard InChI is InChI=1S/C13H9ClN4OS2/c1-20-13-17-21-12-16-11(19)8(10(15)18(12)13)6-7-4-2-3-5-9(7)14/h2-6,15H,1H3/b8-6-,15-10?. The smallest absolute Gasteiger partial charge is 0.283 e. The fraction of sp³-hybridized carbons (Fsp3) is 0.0769. The fourth-order valence-corrected chi connectivity index (χ4v) is 3.52. The SMILES string of the molecule is CSC1=NSC2=NC(=O)/C(=C\c3ccccc3Cl)C(=N)N12. The third-order valence-electron chi connectivity index (χ3n) is 2.88. The van der Waals surface area contributed by atoms with Crippen molar-refractivity contribution in [3.63, 3.8) is 0 Å². The highest BCUT2D eigenvalue weighted by Gasteiger charge is 2.36. The van der Waals surface area contributed by atoms with E-state index in [0.717, 1.165) is 11.9 Å². The van der Waals surface area contributed by atoms with Gasteiger partial charge >= 0.3 is 0 Å². The Morgan fingerprint density at radius 2 is 2.19 bits per heavy atom. The predicted octanol–water partition coefficient (Wildman–Crippen LogP) is 3.28. The number of amidine groups is 3. The van der Waals surface area contributed by atoms with Crippen LogP contribution in [0.15, 0.2) is 39.2 Å². The number of aliphatic imine (C=N–C) groups is 1. The molecule has 5 nitrogen and oxygen atoms in total. The molecule has 1 aromatic carbocycles. The van der Waals surface area contributed by atoms with Crippen LogP contribution in [0.2, 0.25) is 5.02 Å². The van der Waals surface area contributed by atoms with Gasteiger partial charge < -0.3 is 0 Å². The number of carbonyl (C=O) groups is 1. The molecule has 1 amide bonds. The number of halogens is 1. The maximum Gasteiger partial charge on any atom is 0.283 e. The molecule has 0 aliphatic carbocycles. The Balaban J connectivity index is 2.05. The van der Waals surface area contributed by atoms with Crippen LogP contribution in [0.25, 0.3) is 6.08 Å². The zero-order valence-corrected chi connectivity index (χ0v) is 13.2. The number of fused-ring (bicyclic) bond motifs is 1. The molecule has 0 spiro atoms. The van der Waals surface area contributed by atoms with Crippen molar-refractivity contribution >= 4 is 63.5 Å². The van der Waals surface area contributed by atoms with Gasteiger partial charge in [-0.15, -0.1) is 0 Å². The Morgan fingerprint density at radius 3 is 2.90 bits per heavy atom. The van der Waals surface area contributed by atoms with Crippen molar-refractivity contribution in [2.45, 2.75) is 0 Å². The first-order chi connectivity index (χ1) is 10.1. The number of rotatable bonds is 1. The molecule has 0 saturated heterocycles. The molecule has 2 aliphatic rings. The maximum atomic E-state index is 12.1. The zero-order chi connectivity index (χ0) is 15.0. The van der Waals surface area contributed by atoms with Crippen LogP contribution in [-0.4, -0.2) is 33.2 Å². The first-order valence-electron chi connectivity index (χ1n) is 5.89. The molecular formula is C13H9ClN4OS2. The summed E-state index contributed by atoms with van der Waals surface area (Å²) >= 11 is 8.61. The minimum atomic E-state index is -0.448. The molecule has 3 rings (SSSR count). The Bertz CT molecular complexity index is 741.